The zero-order valence-electron chi connectivity index (χ0n) is 15.1. The Hall–Kier alpha value is -1.75. The van der Waals surface area contributed by atoms with Gasteiger partial charge >= 0.3 is 0 Å². The SMILES string of the molecule is Cc1cncc(C(=O)/N=c2/sc(C(C)(C)C)c(C)n2CC2CC2)c1. The first-order valence-corrected chi connectivity index (χ1v) is 9.29. The molecule has 2 aromatic rings. The first-order valence-electron chi connectivity index (χ1n) is 8.47. The highest BCUT2D eigenvalue weighted by atomic mass is 32.1. The van der Waals surface area contributed by atoms with Crippen LogP contribution < -0.4 is 4.80 Å². The Kier molecular flexibility index (Phi) is 4.47. The van der Waals surface area contributed by atoms with Crippen LogP contribution in [0.2, 0.25) is 0 Å². The summed E-state index contributed by atoms with van der Waals surface area (Å²) in [5.74, 6) is 0.526. The number of carbonyl (C=O) groups is 1. The molecule has 2 aromatic heterocycles. The van der Waals surface area contributed by atoms with Gasteiger partial charge in [0.1, 0.15) is 0 Å². The van der Waals surface area contributed by atoms with E-state index in [1.807, 2.05) is 13.0 Å². The number of hydrogen-bond acceptors (Lipinski definition) is 3. The monoisotopic (exact) mass is 343 g/mol. The average molecular weight is 343 g/mol. The molecule has 4 nitrogen and oxygen atoms in total. The summed E-state index contributed by atoms with van der Waals surface area (Å²) < 4.78 is 2.24. The maximum atomic E-state index is 12.6. The second-order valence-corrected chi connectivity index (χ2v) is 8.75. The number of thiazole rings is 1. The van der Waals surface area contributed by atoms with E-state index in [9.17, 15) is 4.79 Å². The number of carbonyl (C=O) groups excluding carboxylic acids is 1. The first kappa shape index (κ1) is 17.1. The van der Waals surface area contributed by atoms with Crippen LogP contribution in [0.25, 0.3) is 0 Å². The molecule has 0 aromatic carbocycles. The number of nitrogens with zero attached hydrogens (tertiary/aromatic N) is 3. The third-order valence-electron chi connectivity index (χ3n) is 4.30. The lowest BCUT2D eigenvalue weighted by Gasteiger charge is -2.17. The van der Waals surface area contributed by atoms with Crippen LogP contribution in [0.5, 0.6) is 0 Å². The van der Waals surface area contributed by atoms with Crippen LogP contribution >= 0.6 is 11.3 Å². The van der Waals surface area contributed by atoms with Crippen LogP contribution in [0.4, 0.5) is 0 Å². The summed E-state index contributed by atoms with van der Waals surface area (Å²) in [7, 11) is 0. The topological polar surface area (TPSA) is 47.2 Å². The normalized spacial score (nSPS) is 15.8. The molecule has 24 heavy (non-hydrogen) atoms. The molecule has 1 amide bonds. The van der Waals surface area contributed by atoms with Gasteiger partial charge in [-0.05, 0) is 49.7 Å². The Labute approximate surface area is 147 Å². The molecule has 1 aliphatic rings. The minimum Gasteiger partial charge on any atom is -0.320 e. The smallest absolute Gasteiger partial charge is 0.281 e. The molecule has 2 heterocycles. The molecule has 0 atom stereocenters. The van der Waals surface area contributed by atoms with Gasteiger partial charge in [-0.2, -0.15) is 4.99 Å². The van der Waals surface area contributed by atoms with Crippen LogP contribution in [-0.2, 0) is 12.0 Å². The molecule has 0 radical (unpaired) electrons. The summed E-state index contributed by atoms with van der Waals surface area (Å²) in [5, 5.41) is 0. The van der Waals surface area contributed by atoms with Gasteiger partial charge in [0.2, 0.25) is 0 Å². The van der Waals surface area contributed by atoms with Crippen molar-refractivity contribution < 1.29 is 4.79 Å². The van der Waals surface area contributed by atoms with E-state index in [0.717, 1.165) is 22.8 Å². The van der Waals surface area contributed by atoms with Crippen molar-refractivity contribution in [3.8, 4) is 0 Å². The number of aromatic nitrogens is 2. The molecule has 5 heteroatoms. The minimum absolute atomic E-state index is 0.0573. The lowest BCUT2D eigenvalue weighted by Crippen LogP contribution is -2.20. The maximum absolute atomic E-state index is 12.6. The van der Waals surface area contributed by atoms with Crippen molar-refractivity contribution in [2.75, 3.05) is 0 Å². The second kappa shape index (κ2) is 6.28. The van der Waals surface area contributed by atoms with Crippen molar-refractivity contribution in [2.24, 2.45) is 10.9 Å². The summed E-state index contributed by atoms with van der Waals surface area (Å²) >= 11 is 1.65. The number of hydrogen-bond donors (Lipinski definition) is 0. The number of rotatable bonds is 3. The van der Waals surface area contributed by atoms with Gasteiger partial charge in [0.15, 0.2) is 4.80 Å². The van der Waals surface area contributed by atoms with Gasteiger partial charge in [0.25, 0.3) is 5.91 Å². The molecule has 0 spiro atoms. The van der Waals surface area contributed by atoms with Crippen molar-refractivity contribution in [2.45, 2.75) is 59.4 Å². The maximum Gasteiger partial charge on any atom is 0.281 e. The number of aryl methyl sites for hydroxylation is 1. The summed E-state index contributed by atoms with van der Waals surface area (Å²) in [4.78, 5) is 23.2. The van der Waals surface area contributed by atoms with Crippen LogP contribution in [0.3, 0.4) is 0 Å². The van der Waals surface area contributed by atoms with E-state index >= 15 is 0 Å². The average Bonchev–Trinajstić information content (AvgIpc) is 3.25. The molecule has 1 saturated carbocycles. The molecule has 1 fully saturated rings. The quantitative estimate of drug-likeness (QED) is 0.845. The number of amides is 1. The molecular formula is C19H25N3OS. The van der Waals surface area contributed by atoms with E-state index in [-0.39, 0.29) is 11.3 Å². The van der Waals surface area contributed by atoms with Gasteiger partial charge < -0.3 is 4.57 Å². The van der Waals surface area contributed by atoms with Crippen molar-refractivity contribution in [3.63, 3.8) is 0 Å². The van der Waals surface area contributed by atoms with Gasteiger partial charge in [-0.3, -0.25) is 9.78 Å². The minimum atomic E-state index is -0.211. The van der Waals surface area contributed by atoms with Crippen LogP contribution in [0, 0.1) is 19.8 Å². The summed E-state index contributed by atoms with van der Waals surface area (Å²) in [6.45, 7) is 11.7. The fraction of sp³-hybridized carbons (Fsp3) is 0.526. The third-order valence-corrected chi connectivity index (χ3v) is 5.90. The van der Waals surface area contributed by atoms with Crippen molar-refractivity contribution >= 4 is 17.2 Å². The van der Waals surface area contributed by atoms with E-state index < -0.39 is 0 Å². The van der Waals surface area contributed by atoms with Gasteiger partial charge in [-0.15, -0.1) is 11.3 Å². The van der Waals surface area contributed by atoms with Crippen LogP contribution in [0.1, 0.15) is 60.1 Å². The van der Waals surface area contributed by atoms with Crippen molar-refractivity contribution in [1.82, 2.24) is 9.55 Å². The summed E-state index contributed by atoms with van der Waals surface area (Å²) in [5.41, 5.74) is 2.83. The fourth-order valence-corrected chi connectivity index (χ4v) is 4.06. The highest BCUT2D eigenvalue weighted by molar-refractivity contribution is 7.09. The van der Waals surface area contributed by atoms with Crippen LogP contribution in [0.15, 0.2) is 23.5 Å². The Bertz CT molecular complexity index is 835. The molecule has 0 unspecified atom stereocenters. The lowest BCUT2D eigenvalue weighted by atomic mass is 9.93. The van der Waals surface area contributed by atoms with Gasteiger partial charge in [0.05, 0.1) is 5.56 Å². The molecule has 3 rings (SSSR count). The van der Waals surface area contributed by atoms with E-state index in [2.05, 4.69) is 42.2 Å². The van der Waals surface area contributed by atoms with Gasteiger partial charge in [-0.25, -0.2) is 0 Å². The van der Waals surface area contributed by atoms with Gasteiger partial charge in [0, 0.05) is 29.5 Å². The molecule has 0 N–H and O–H groups in total. The highest BCUT2D eigenvalue weighted by Gasteiger charge is 2.27. The summed E-state index contributed by atoms with van der Waals surface area (Å²) in [6.07, 6.45) is 5.90. The molecule has 128 valence electrons. The zero-order chi connectivity index (χ0) is 17.5. The highest BCUT2D eigenvalue weighted by Crippen LogP contribution is 2.33. The Balaban J connectivity index is 2.06. The predicted molar refractivity (Wildman–Crippen MR) is 97.3 cm³/mol. The largest absolute Gasteiger partial charge is 0.320 e. The fourth-order valence-electron chi connectivity index (χ4n) is 2.86. The molecule has 1 aliphatic carbocycles. The van der Waals surface area contributed by atoms with Gasteiger partial charge in [-0.1, -0.05) is 20.8 Å². The van der Waals surface area contributed by atoms with Crippen molar-refractivity contribution in [3.05, 3.63) is 45.0 Å². The lowest BCUT2D eigenvalue weighted by molar-refractivity contribution is 0.0997. The molecule has 0 bridgehead atoms. The molecule has 0 saturated heterocycles. The summed E-state index contributed by atoms with van der Waals surface area (Å²) in [6, 6.07) is 1.84. The third kappa shape index (κ3) is 3.66. The first-order chi connectivity index (χ1) is 11.3. The van der Waals surface area contributed by atoms with E-state index in [0.29, 0.717) is 5.56 Å². The Morgan fingerprint density at radius 2 is 2.04 bits per heavy atom. The van der Waals surface area contributed by atoms with E-state index in [4.69, 9.17) is 0 Å². The Morgan fingerprint density at radius 3 is 2.62 bits per heavy atom. The van der Waals surface area contributed by atoms with Crippen molar-refractivity contribution in [1.29, 1.82) is 0 Å². The molecule has 0 aliphatic heterocycles. The number of pyridine rings is 1. The van der Waals surface area contributed by atoms with E-state index in [1.165, 1.54) is 23.4 Å². The van der Waals surface area contributed by atoms with Crippen LogP contribution in [-0.4, -0.2) is 15.5 Å². The van der Waals surface area contributed by atoms with E-state index in [1.54, 1.807) is 23.7 Å². The zero-order valence-corrected chi connectivity index (χ0v) is 15.9. The second-order valence-electron chi connectivity index (χ2n) is 7.77. The standard InChI is InChI=1S/C19H25N3OS/c1-12-8-15(10-20-9-12)17(23)21-18-22(11-14-6-7-14)13(2)16(24-18)19(3,4)5/h8-10,14H,6-7,11H2,1-5H3/b21-18+. The Morgan fingerprint density at radius 1 is 1.33 bits per heavy atom. The predicted octanol–water partition coefficient (Wildman–Crippen LogP) is 4.01. The molecular weight excluding hydrogens is 318 g/mol.